The van der Waals surface area contributed by atoms with Gasteiger partial charge in [0.15, 0.2) is 0 Å². The van der Waals surface area contributed by atoms with E-state index in [-0.39, 0.29) is 11.4 Å². The average Bonchev–Trinajstić information content (AvgIpc) is 2.36. The van der Waals surface area contributed by atoms with Gasteiger partial charge in [0.05, 0.1) is 0 Å². The van der Waals surface area contributed by atoms with Gasteiger partial charge in [-0.3, -0.25) is 4.79 Å². The number of carbonyl (C=O) groups excluding carboxylic acids is 1. The summed E-state index contributed by atoms with van der Waals surface area (Å²) in [4.78, 5) is 11.8. The third-order valence-electron chi connectivity index (χ3n) is 3.04. The summed E-state index contributed by atoms with van der Waals surface area (Å²) in [6, 6.07) is 10.8. The van der Waals surface area contributed by atoms with Crippen LogP contribution in [0.25, 0.3) is 0 Å². The molecule has 0 saturated heterocycles. The summed E-state index contributed by atoms with van der Waals surface area (Å²) >= 11 is 0. The van der Waals surface area contributed by atoms with Gasteiger partial charge in [-0.15, -0.1) is 0 Å². The lowest BCUT2D eigenvalue weighted by Gasteiger charge is -2.22. The highest BCUT2D eigenvalue weighted by Crippen LogP contribution is 2.17. The molecule has 0 aliphatic carbocycles. The molecule has 0 aliphatic heterocycles. The summed E-state index contributed by atoms with van der Waals surface area (Å²) in [5.74, 6) is 0.105. The Morgan fingerprint density at radius 1 is 1.20 bits per heavy atom. The largest absolute Gasteiger partial charge is 0.351 e. The summed E-state index contributed by atoms with van der Waals surface area (Å²) < 4.78 is 0. The SMILES string of the molecule is CCCC(NCCC(=O)NC(C)(C)C)c1ccccc1. The second-order valence-corrected chi connectivity index (χ2v) is 6.25. The van der Waals surface area contributed by atoms with E-state index >= 15 is 0 Å². The second-order valence-electron chi connectivity index (χ2n) is 6.25. The van der Waals surface area contributed by atoms with Gasteiger partial charge in [0.1, 0.15) is 0 Å². The molecule has 1 unspecified atom stereocenters. The van der Waals surface area contributed by atoms with E-state index in [2.05, 4.69) is 41.8 Å². The van der Waals surface area contributed by atoms with Crippen LogP contribution in [0, 0.1) is 0 Å². The smallest absolute Gasteiger partial charge is 0.221 e. The Labute approximate surface area is 123 Å². The molecule has 0 aliphatic rings. The lowest BCUT2D eigenvalue weighted by molar-refractivity contribution is -0.122. The van der Waals surface area contributed by atoms with Crippen molar-refractivity contribution in [2.75, 3.05) is 6.54 Å². The number of carbonyl (C=O) groups is 1. The number of benzene rings is 1. The van der Waals surface area contributed by atoms with E-state index < -0.39 is 0 Å². The first-order valence-corrected chi connectivity index (χ1v) is 7.51. The lowest BCUT2D eigenvalue weighted by atomic mass is 10.0. The fourth-order valence-electron chi connectivity index (χ4n) is 2.20. The van der Waals surface area contributed by atoms with Gasteiger partial charge in [-0.05, 0) is 32.8 Å². The summed E-state index contributed by atoms with van der Waals surface area (Å²) in [6.07, 6.45) is 2.73. The van der Waals surface area contributed by atoms with Gasteiger partial charge in [0.25, 0.3) is 0 Å². The molecule has 3 heteroatoms. The van der Waals surface area contributed by atoms with Crippen molar-refractivity contribution in [3.05, 3.63) is 35.9 Å². The molecule has 0 fully saturated rings. The van der Waals surface area contributed by atoms with Crippen molar-refractivity contribution in [2.45, 2.75) is 58.5 Å². The highest BCUT2D eigenvalue weighted by atomic mass is 16.1. The third kappa shape index (κ3) is 6.71. The van der Waals surface area contributed by atoms with E-state index in [1.54, 1.807) is 0 Å². The minimum Gasteiger partial charge on any atom is -0.351 e. The van der Waals surface area contributed by atoms with Crippen LogP contribution in [0.5, 0.6) is 0 Å². The number of nitrogens with one attached hydrogen (secondary N) is 2. The Kier molecular flexibility index (Phi) is 6.73. The first kappa shape index (κ1) is 16.7. The molecule has 0 radical (unpaired) electrons. The predicted octanol–water partition coefficient (Wildman–Crippen LogP) is 3.42. The van der Waals surface area contributed by atoms with Crippen LogP contribution in [0.15, 0.2) is 30.3 Å². The van der Waals surface area contributed by atoms with Gasteiger partial charge in [-0.1, -0.05) is 43.7 Å². The van der Waals surface area contributed by atoms with Gasteiger partial charge >= 0.3 is 0 Å². The van der Waals surface area contributed by atoms with Crippen molar-refractivity contribution in [3.63, 3.8) is 0 Å². The summed E-state index contributed by atoms with van der Waals surface area (Å²) in [5, 5.41) is 6.48. The zero-order valence-electron chi connectivity index (χ0n) is 13.2. The van der Waals surface area contributed by atoms with E-state index in [1.807, 2.05) is 26.8 Å². The molecule has 1 rings (SSSR count). The normalized spacial score (nSPS) is 13.0. The Balaban J connectivity index is 2.42. The maximum absolute atomic E-state index is 11.8. The summed E-state index contributed by atoms with van der Waals surface area (Å²) in [7, 11) is 0. The maximum atomic E-state index is 11.8. The van der Waals surface area contributed by atoms with Crippen LogP contribution < -0.4 is 10.6 Å². The molecular formula is C17H28N2O. The molecule has 0 bridgehead atoms. The van der Waals surface area contributed by atoms with Crippen molar-refractivity contribution in [3.8, 4) is 0 Å². The summed E-state index contributed by atoms with van der Waals surface area (Å²) in [5.41, 5.74) is 1.14. The predicted molar refractivity (Wildman–Crippen MR) is 84.6 cm³/mol. The topological polar surface area (TPSA) is 41.1 Å². The van der Waals surface area contributed by atoms with Crippen LogP contribution in [-0.2, 0) is 4.79 Å². The summed E-state index contributed by atoms with van der Waals surface area (Å²) in [6.45, 7) is 8.90. The molecule has 2 N–H and O–H groups in total. The van der Waals surface area contributed by atoms with Crippen molar-refractivity contribution >= 4 is 5.91 Å². The monoisotopic (exact) mass is 276 g/mol. The molecule has 1 atom stereocenters. The lowest BCUT2D eigenvalue weighted by Crippen LogP contribution is -2.41. The molecule has 112 valence electrons. The van der Waals surface area contributed by atoms with Crippen LogP contribution in [0.4, 0.5) is 0 Å². The van der Waals surface area contributed by atoms with Crippen molar-refractivity contribution in [1.82, 2.24) is 10.6 Å². The number of hydrogen-bond donors (Lipinski definition) is 2. The Morgan fingerprint density at radius 2 is 1.85 bits per heavy atom. The molecule has 0 heterocycles. The molecule has 3 nitrogen and oxygen atoms in total. The minimum atomic E-state index is -0.153. The Bertz CT molecular complexity index is 395. The average molecular weight is 276 g/mol. The fourth-order valence-corrected chi connectivity index (χ4v) is 2.20. The molecule has 0 spiro atoms. The van der Waals surface area contributed by atoms with E-state index in [0.29, 0.717) is 19.0 Å². The maximum Gasteiger partial charge on any atom is 0.221 e. The number of amides is 1. The van der Waals surface area contributed by atoms with Gasteiger partial charge in [0, 0.05) is 24.5 Å². The van der Waals surface area contributed by atoms with E-state index in [1.165, 1.54) is 5.56 Å². The zero-order chi connectivity index (χ0) is 15.0. The van der Waals surface area contributed by atoms with Crippen molar-refractivity contribution < 1.29 is 4.79 Å². The number of hydrogen-bond acceptors (Lipinski definition) is 2. The Morgan fingerprint density at radius 3 is 2.40 bits per heavy atom. The van der Waals surface area contributed by atoms with E-state index in [9.17, 15) is 4.79 Å². The van der Waals surface area contributed by atoms with E-state index in [4.69, 9.17) is 0 Å². The molecule has 0 aromatic heterocycles. The minimum absolute atomic E-state index is 0.105. The molecule has 20 heavy (non-hydrogen) atoms. The highest BCUT2D eigenvalue weighted by Gasteiger charge is 2.14. The molecule has 0 saturated carbocycles. The van der Waals surface area contributed by atoms with Crippen LogP contribution in [0.3, 0.4) is 0 Å². The molecule has 1 aromatic carbocycles. The van der Waals surface area contributed by atoms with Crippen LogP contribution in [0.1, 0.15) is 58.6 Å². The molecule has 1 aromatic rings. The highest BCUT2D eigenvalue weighted by molar-refractivity contribution is 5.76. The standard InChI is InChI=1S/C17H28N2O/c1-5-9-15(14-10-7-6-8-11-14)18-13-12-16(20)19-17(2,3)4/h6-8,10-11,15,18H,5,9,12-13H2,1-4H3,(H,19,20). The zero-order valence-corrected chi connectivity index (χ0v) is 13.2. The fraction of sp³-hybridized carbons (Fsp3) is 0.588. The molecular weight excluding hydrogens is 248 g/mol. The number of rotatable bonds is 7. The van der Waals surface area contributed by atoms with Gasteiger partial charge < -0.3 is 10.6 Å². The van der Waals surface area contributed by atoms with Gasteiger partial charge in [0.2, 0.25) is 5.91 Å². The second kappa shape index (κ2) is 8.05. The van der Waals surface area contributed by atoms with Gasteiger partial charge in [-0.2, -0.15) is 0 Å². The van der Waals surface area contributed by atoms with Gasteiger partial charge in [-0.25, -0.2) is 0 Å². The van der Waals surface area contributed by atoms with E-state index in [0.717, 1.165) is 12.8 Å². The van der Waals surface area contributed by atoms with Crippen LogP contribution in [-0.4, -0.2) is 18.0 Å². The van der Waals surface area contributed by atoms with Crippen molar-refractivity contribution in [1.29, 1.82) is 0 Å². The van der Waals surface area contributed by atoms with Crippen LogP contribution in [0.2, 0.25) is 0 Å². The quantitative estimate of drug-likeness (QED) is 0.801. The third-order valence-corrected chi connectivity index (χ3v) is 3.04. The van der Waals surface area contributed by atoms with Crippen molar-refractivity contribution in [2.24, 2.45) is 0 Å². The Hall–Kier alpha value is -1.35. The van der Waals surface area contributed by atoms with Crippen LogP contribution >= 0.6 is 0 Å². The first-order valence-electron chi connectivity index (χ1n) is 7.51. The molecule has 1 amide bonds. The first-order chi connectivity index (χ1) is 9.42.